The van der Waals surface area contributed by atoms with Gasteiger partial charge >= 0.3 is 6.09 Å². The lowest BCUT2D eigenvalue weighted by Crippen LogP contribution is -2.56. The van der Waals surface area contributed by atoms with Gasteiger partial charge in [0.2, 0.25) is 10.0 Å². The molecule has 10 nitrogen and oxygen atoms in total. The van der Waals surface area contributed by atoms with Gasteiger partial charge in [-0.15, -0.1) is 0 Å². The lowest BCUT2D eigenvalue weighted by atomic mass is 9.93. The van der Waals surface area contributed by atoms with Crippen LogP contribution in [0.5, 0.6) is 5.75 Å². The Hall–Kier alpha value is -3.12. The van der Waals surface area contributed by atoms with Crippen molar-refractivity contribution < 1.29 is 31.9 Å². The molecule has 0 bridgehead atoms. The quantitative estimate of drug-likeness (QED) is 0.626. The lowest BCUT2D eigenvalue weighted by molar-refractivity contribution is 0.0120. The summed E-state index contributed by atoms with van der Waals surface area (Å²) in [5.41, 5.74) is 0.0963. The standard InChI is InChI=1S/C24H31FN4O6S/c1-14-10-16(6-7-17(14)25)26-22(30)20-21-19(12-28(20)5)36(32,33)27-18-11-29(9-8-15(18)13-34-21)23(31)35-24(2,3)4/h6-7,10,12,15,18,27H,8-9,11,13H2,1-5H3,(H,26,30). The number of rotatable bonds is 2. The van der Waals surface area contributed by atoms with Crippen molar-refractivity contribution >= 4 is 27.7 Å². The molecule has 3 heterocycles. The summed E-state index contributed by atoms with van der Waals surface area (Å²) in [6, 6.07) is 3.58. The number of anilines is 1. The molecule has 1 aromatic carbocycles. The van der Waals surface area contributed by atoms with Crippen LogP contribution in [0.15, 0.2) is 29.3 Å². The number of likely N-dealkylation sites (tertiary alicyclic amines) is 1. The number of hydrogen-bond donors (Lipinski definition) is 2. The molecule has 2 N–H and O–H groups in total. The zero-order valence-electron chi connectivity index (χ0n) is 20.9. The number of nitrogens with zero attached hydrogens (tertiary/aromatic N) is 2. The van der Waals surface area contributed by atoms with Crippen LogP contribution < -0.4 is 14.8 Å². The fraction of sp³-hybridized carbons (Fsp3) is 0.500. The highest BCUT2D eigenvalue weighted by Gasteiger charge is 2.40. The SMILES string of the molecule is Cc1cc(NC(=O)c2c3c(cn2C)S(=O)(=O)NC2CN(C(=O)OC(C)(C)C)CCC2CO3)ccc1F. The van der Waals surface area contributed by atoms with Gasteiger partial charge in [0.15, 0.2) is 11.4 Å². The number of fused-ring (bicyclic) bond motifs is 2. The molecule has 2 aliphatic rings. The van der Waals surface area contributed by atoms with Crippen LogP contribution in [0.1, 0.15) is 43.2 Å². The number of amides is 2. The van der Waals surface area contributed by atoms with Gasteiger partial charge in [-0.05, 0) is 57.9 Å². The highest BCUT2D eigenvalue weighted by Crippen LogP contribution is 2.35. The van der Waals surface area contributed by atoms with E-state index in [-0.39, 0.29) is 35.4 Å². The summed E-state index contributed by atoms with van der Waals surface area (Å²) in [6.45, 7) is 7.57. The molecular weight excluding hydrogens is 491 g/mol. The second-order valence-corrected chi connectivity index (χ2v) is 11.9. The van der Waals surface area contributed by atoms with Gasteiger partial charge in [-0.1, -0.05) is 0 Å². The molecule has 2 aliphatic heterocycles. The first-order valence-corrected chi connectivity index (χ1v) is 13.1. The van der Waals surface area contributed by atoms with E-state index in [0.29, 0.717) is 24.2 Å². The van der Waals surface area contributed by atoms with Crippen LogP contribution in [0.25, 0.3) is 0 Å². The highest BCUT2D eigenvalue weighted by molar-refractivity contribution is 7.89. The van der Waals surface area contributed by atoms with Crippen LogP contribution in [0.2, 0.25) is 0 Å². The summed E-state index contributed by atoms with van der Waals surface area (Å²) in [6.07, 6.45) is 1.31. The van der Waals surface area contributed by atoms with E-state index in [1.165, 1.54) is 33.9 Å². The average molecular weight is 523 g/mol. The van der Waals surface area contributed by atoms with Gasteiger partial charge in [0.1, 0.15) is 16.3 Å². The van der Waals surface area contributed by atoms with Crippen LogP contribution in [0, 0.1) is 18.7 Å². The van der Waals surface area contributed by atoms with Crippen molar-refractivity contribution in [2.45, 2.75) is 50.7 Å². The van der Waals surface area contributed by atoms with Gasteiger partial charge in [0.25, 0.3) is 5.91 Å². The maximum Gasteiger partial charge on any atom is 0.410 e. The third kappa shape index (κ3) is 5.34. The predicted molar refractivity (Wildman–Crippen MR) is 130 cm³/mol. The first kappa shape index (κ1) is 26.0. The minimum atomic E-state index is -4.08. The Kier molecular flexibility index (Phi) is 6.78. The van der Waals surface area contributed by atoms with E-state index in [9.17, 15) is 22.4 Å². The maximum atomic E-state index is 13.6. The zero-order chi connectivity index (χ0) is 26.4. The molecule has 1 aromatic heterocycles. The Labute approximate surface area is 209 Å². The summed E-state index contributed by atoms with van der Waals surface area (Å²) in [7, 11) is -2.53. The Morgan fingerprint density at radius 1 is 1.28 bits per heavy atom. The summed E-state index contributed by atoms with van der Waals surface area (Å²) >= 11 is 0. The molecule has 2 aromatic rings. The fourth-order valence-electron chi connectivity index (χ4n) is 4.36. The minimum absolute atomic E-state index is 0.0296. The molecule has 196 valence electrons. The molecule has 2 amide bonds. The van der Waals surface area contributed by atoms with E-state index in [0.717, 1.165) is 0 Å². The summed E-state index contributed by atoms with van der Waals surface area (Å²) < 4.78 is 55.7. The van der Waals surface area contributed by atoms with E-state index in [2.05, 4.69) is 10.0 Å². The monoisotopic (exact) mass is 522 g/mol. The summed E-state index contributed by atoms with van der Waals surface area (Å²) in [5.74, 6) is -1.25. The van der Waals surface area contributed by atoms with Crippen molar-refractivity contribution in [2.75, 3.05) is 25.0 Å². The maximum absolute atomic E-state index is 13.6. The van der Waals surface area contributed by atoms with Crippen LogP contribution in [0.3, 0.4) is 0 Å². The smallest absolute Gasteiger partial charge is 0.410 e. The molecular formula is C24H31FN4O6S. The van der Waals surface area contributed by atoms with Crippen LogP contribution in [-0.4, -0.2) is 61.2 Å². The second kappa shape index (κ2) is 9.40. The third-order valence-electron chi connectivity index (χ3n) is 6.18. The van der Waals surface area contributed by atoms with Crippen LogP contribution in [-0.2, 0) is 21.8 Å². The molecule has 2 atom stereocenters. The fourth-order valence-corrected chi connectivity index (χ4v) is 5.85. The number of piperidine rings is 1. The second-order valence-electron chi connectivity index (χ2n) is 10.2. The number of halogens is 1. The van der Waals surface area contributed by atoms with E-state index in [1.54, 1.807) is 34.7 Å². The van der Waals surface area contributed by atoms with Crippen molar-refractivity contribution in [1.29, 1.82) is 0 Å². The summed E-state index contributed by atoms with van der Waals surface area (Å²) in [4.78, 5) is 27.0. The van der Waals surface area contributed by atoms with E-state index >= 15 is 0 Å². The molecule has 2 unspecified atom stereocenters. The predicted octanol–water partition coefficient (Wildman–Crippen LogP) is 3.02. The first-order valence-electron chi connectivity index (χ1n) is 11.6. The van der Waals surface area contributed by atoms with Gasteiger partial charge in [-0.25, -0.2) is 22.3 Å². The normalized spacial score (nSPS) is 21.3. The van der Waals surface area contributed by atoms with E-state index in [1.807, 2.05) is 0 Å². The lowest BCUT2D eigenvalue weighted by Gasteiger charge is -2.39. The van der Waals surface area contributed by atoms with Crippen molar-refractivity contribution in [1.82, 2.24) is 14.2 Å². The van der Waals surface area contributed by atoms with Gasteiger partial charge in [-0.3, -0.25) is 4.79 Å². The third-order valence-corrected chi connectivity index (χ3v) is 7.66. The van der Waals surface area contributed by atoms with Crippen LogP contribution in [0.4, 0.5) is 14.9 Å². The highest BCUT2D eigenvalue weighted by atomic mass is 32.2. The number of benzene rings is 1. The number of hydrogen-bond acceptors (Lipinski definition) is 6. The Morgan fingerprint density at radius 2 is 2.00 bits per heavy atom. The molecule has 0 saturated carbocycles. The van der Waals surface area contributed by atoms with Crippen molar-refractivity contribution in [2.24, 2.45) is 13.0 Å². The van der Waals surface area contributed by atoms with Crippen molar-refractivity contribution in [3.8, 4) is 5.75 Å². The van der Waals surface area contributed by atoms with Gasteiger partial charge in [0.05, 0.1) is 6.61 Å². The molecule has 0 radical (unpaired) electrons. The largest absolute Gasteiger partial charge is 0.489 e. The van der Waals surface area contributed by atoms with Gasteiger partial charge in [-0.2, -0.15) is 0 Å². The topological polar surface area (TPSA) is 119 Å². The number of carbonyl (C=O) groups is 2. The van der Waals surface area contributed by atoms with E-state index < -0.39 is 39.5 Å². The Bertz CT molecular complexity index is 1300. The number of sulfonamides is 1. The minimum Gasteiger partial charge on any atom is -0.489 e. The average Bonchev–Trinajstić information content (AvgIpc) is 3.10. The van der Waals surface area contributed by atoms with Crippen molar-refractivity contribution in [3.63, 3.8) is 0 Å². The van der Waals surface area contributed by atoms with Gasteiger partial charge < -0.3 is 24.3 Å². The Morgan fingerprint density at radius 3 is 2.67 bits per heavy atom. The van der Waals surface area contributed by atoms with E-state index in [4.69, 9.17) is 9.47 Å². The molecule has 1 saturated heterocycles. The molecule has 0 spiro atoms. The molecule has 1 fully saturated rings. The zero-order valence-corrected chi connectivity index (χ0v) is 21.7. The number of ether oxygens (including phenoxy) is 2. The number of aryl methyl sites for hydroxylation is 2. The molecule has 12 heteroatoms. The van der Waals surface area contributed by atoms with Crippen molar-refractivity contribution in [3.05, 3.63) is 41.5 Å². The Balaban J connectivity index is 1.59. The van der Waals surface area contributed by atoms with Crippen LogP contribution >= 0.6 is 0 Å². The summed E-state index contributed by atoms with van der Waals surface area (Å²) in [5, 5.41) is 2.68. The van der Waals surface area contributed by atoms with Gasteiger partial charge in [0, 0.05) is 44.0 Å². The number of carbonyl (C=O) groups excluding carboxylic acids is 2. The molecule has 4 rings (SSSR count). The molecule has 36 heavy (non-hydrogen) atoms. The first-order chi connectivity index (χ1) is 16.7. The number of aromatic nitrogens is 1. The number of nitrogens with one attached hydrogen (secondary N) is 2. The molecule has 0 aliphatic carbocycles.